The molecule has 21 heavy (non-hydrogen) atoms. The first-order chi connectivity index (χ1) is 10.1. The molecular formula is C18H24N2O. The minimum absolute atomic E-state index is 0.267. The van der Waals surface area contributed by atoms with Crippen LogP contribution >= 0.6 is 0 Å². The van der Waals surface area contributed by atoms with Crippen LogP contribution in [0.2, 0.25) is 0 Å². The van der Waals surface area contributed by atoms with Crippen LogP contribution in [-0.4, -0.2) is 32.1 Å². The summed E-state index contributed by atoms with van der Waals surface area (Å²) in [4.78, 5) is 2.11. The zero-order valence-electron chi connectivity index (χ0n) is 13.0. The summed E-state index contributed by atoms with van der Waals surface area (Å²) in [5, 5.41) is 3.51. The van der Waals surface area contributed by atoms with Gasteiger partial charge in [0.25, 0.3) is 0 Å². The van der Waals surface area contributed by atoms with Gasteiger partial charge in [-0.25, -0.2) is 0 Å². The molecule has 0 bridgehead atoms. The lowest BCUT2D eigenvalue weighted by Crippen LogP contribution is -2.19. The number of hydrogen-bond donors (Lipinski definition) is 1. The summed E-state index contributed by atoms with van der Waals surface area (Å²) < 4.78 is 5.76. The molecule has 1 N–H and O–H groups in total. The quantitative estimate of drug-likeness (QED) is 0.837. The molecule has 0 aliphatic rings. The third kappa shape index (κ3) is 5.12. The number of anilines is 1. The molecule has 2 aromatic carbocycles. The molecule has 0 saturated carbocycles. The summed E-state index contributed by atoms with van der Waals surface area (Å²) in [6, 6.07) is 18.8. The van der Waals surface area contributed by atoms with Gasteiger partial charge >= 0.3 is 0 Å². The van der Waals surface area contributed by atoms with E-state index < -0.39 is 0 Å². The predicted octanol–water partition coefficient (Wildman–Crippen LogP) is 3.80. The van der Waals surface area contributed by atoms with Crippen LogP contribution in [0.15, 0.2) is 54.6 Å². The van der Waals surface area contributed by atoms with Crippen molar-refractivity contribution in [2.24, 2.45) is 0 Å². The summed E-state index contributed by atoms with van der Waals surface area (Å²) >= 11 is 0. The molecule has 0 heterocycles. The van der Waals surface area contributed by atoms with Gasteiger partial charge in [-0.3, -0.25) is 0 Å². The second-order valence-electron chi connectivity index (χ2n) is 5.46. The van der Waals surface area contributed by atoms with E-state index in [0.717, 1.165) is 18.0 Å². The van der Waals surface area contributed by atoms with Crippen molar-refractivity contribution in [2.75, 3.05) is 32.6 Å². The molecule has 0 fully saturated rings. The summed E-state index contributed by atoms with van der Waals surface area (Å²) in [6.45, 7) is 3.78. The van der Waals surface area contributed by atoms with E-state index >= 15 is 0 Å². The monoisotopic (exact) mass is 284 g/mol. The van der Waals surface area contributed by atoms with Crippen molar-refractivity contribution in [3.8, 4) is 5.75 Å². The van der Waals surface area contributed by atoms with E-state index in [1.807, 2.05) is 32.3 Å². The van der Waals surface area contributed by atoms with Gasteiger partial charge in [0.1, 0.15) is 12.4 Å². The Morgan fingerprint density at radius 3 is 2.52 bits per heavy atom. The lowest BCUT2D eigenvalue weighted by molar-refractivity contribution is 0.261. The molecule has 2 aromatic rings. The molecule has 3 heteroatoms. The van der Waals surface area contributed by atoms with Crippen molar-refractivity contribution in [2.45, 2.75) is 13.0 Å². The highest BCUT2D eigenvalue weighted by Gasteiger charge is 2.05. The molecule has 0 saturated heterocycles. The van der Waals surface area contributed by atoms with Gasteiger partial charge in [0, 0.05) is 24.3 Å². The Kier molecular flexibility index (Phi) is 5.64. The lowest BCUT2D eigenvalue weighted by atomic mass is 10.1. The number of benzene rings is 2. The highest BCUT2D eigenvalue weighted by Crippen LogP contribution is 2.22. The van der Waals surface area contributed by atoms with Crippen LogP contribution in [0, 0.1) is 0 Å². The Balaban J connectivity index is 1.94. The minimum atomic E-state index is 0.267. The molecule has 0 aromatic heterocycles. The topological polar surface area (TPSA) is 24.5 Å². The maximum Gasteiger partial charge on any atom is 0.121 e. The van der Waals surface area contributed by atoms with E-state index in [9.17, 15) is 0 Å². The van der Waals surface area contributed by atoms with Gasteiger partial charge in [0.2, 0.25) is 0 Å². The molecule has 112 valence electrons. The molecule has 0 radical (unpaired) electrons. The zero-order valence-corrected chi connectivity index (χ0v) is 13.0. The van der Waals surface area contributed by atoms with Crippen LogP contribution in [0.25, 0.3) is 0 Å². The maximum absolute atomic E-state index is 5.76. The van der Waals surface area contributed by atoms with Crippen molar-refractivity contribution in [1.29, 1.82) is 0 Å². The normalized spacial score (nSPS) is 12.2. The van der Waals surface area contributed by atoms with Gasteiger partial charge in [0.05, 0.1) is 0 Å². The summed E-state index contributed by atoms with van der Waals surface area (Å²) in [6.07, 6.45) is 0. The van der Waals surface area contributed by atoms with Gasteiger partial charge in [-0.1, -0.05) is 36.4 Å². The van der Waals surface area contributed by atoms with Crippen LogP contribution < -0.4 is 10.1 Å². The van der Waals surface area contributed by atoms with Crippen molar-refractivity contribution in [1.82, 2.24) is 4.90 Å². The molecule has 3 nitrogen and oxygen atoms in total. The number of nitrogens with zero attached hydrogens (tertiary/aromatic N) is 1. The standard InChI is InChI=1S/C18H24N2O/c1-15(16-8-5-4-6-9-16)19-17-10-7-11-18(14-17)21-13-12-20(2)3/h4-11,14-15,19H,12-13H2,1-3H3. The molecule has 0 aliphatic carbocycles. The third-order valence-electron chi connectivity index (χ3n) is 3.32. The van der Waals surface area contributed by atoms with E-state index in [1.165, 1.54) is 5.56 Å². The summed E-state index contributed by atoms with van der Waals surface area (Å²) in [7, 11) is 4.09. The van der Waals surface area contributed by atoms with E-state index in [-0.39, 0.29) is 6.04 Å². The van der Waals surface area contributed by atoms with Gasteiger partial charge in [-0.05, 0) is 38.7 Å². The van der Waals surface area contributed by atoms with Crippen molar-refractivity contribution >= 4 is 5.69 Å². The van der Waals surface area contributed by atoms with Crippen LogP contribution in [0.3, 0.4) is 0 Å². The fourth-order valence-corrected chi connectivity index (χ4v) is 2.10. The van der Waals surface area contributed by atoms with E-state index in [0.29, 0.717) is 6.61 Å². The average molecular weight is 284 g/mol. The van der Waals surface area contributed by atoms with Crippen LogP contribution in [0.4, 0.5) is 5.69 Å². The second-order valence-corrected chi connectivity index (χ2v) is 5.46. The van der Waals surface area contributed by atoms with Crippen LogP contribution in [-0.2, 0) is 0 Å². The van der Waals surface area contributed by atoms with Gasteiger partial charge in [0.15, 0.2) is 0 Å². The van der Waals surface area contributed by atoms with Gasteiger partial charge in [-0.2, -0.15) is 0 Å². The lowest BCUT2D eigenvalue weighted by Gasteiger charge is -2.17. The van der Waals surface area contributed by atoms with Crippen LogP contribution in [0.1, 0.15) is 18.5 Å². The molecule has 2 rings (SSSR count). The molecular weight excluding hydrogens is 260 g/mol. The zero-order chi connectivity index (χ0) is 15.1. The first kappa shape index (κ1) is 15.4. The molecule has 0 aliphatic heterocycles. The Bertz CT molecular complexity index is 540. The highest BCUT2D eigenvalue weighted by molar-refractivity contribution is 5.49. The fourth-order valence-electron chi connectivity index (χ4n) is 2.10. The Morgan fingerprint density at radius 2 is 1.81 bits per heavy atom. The summed E-state index contributed by atoms with van der Waals surface area (Å²) in [5.74, 6) is 0.905. The minimum Gasteiger partial charge on any atom is -0.492 e. The SMILES string of the molecule is CC(Nc1cccc(OCCN(C)C)c1)c1ccccc1. The Labute approximate surface area is 127 Å². The highest BCUT2D eigenvalue weighted by atomic mass is 16.5. The van der Waals surface area contributed by atoms with Crippen LogP contribution in [0.5, 0.6) is 5.75 Å². The Morgan fingerprint density at radius 1 is 1.05 bits per heavy atom. The number of rotatable bonds is 7. The first-order valence-electron chi connectivity index (χ1n) is 7.34. The predicted molar refractivity (Wildman–Crippen MR) is 89.0 cm³/mol. The maximum atomic E-state index is 5.76. The number of nitrogens with one attached hydrogen (secondary N) is 1. The van der Waals surface area contributed by atoms with E-state index in [2.05, 4.69) is 53.5 Å². The first-order valence-corrected chi connectivity index (χ1v) is 7.34. The number of hydrogen-bond acceptors (Lipinski definition) is 3. The van der Waals surface area contributed by atoms with E-state index in [4.69, 9.17) is 4.74 Å². The molecule has 0 amide bonds. The largest absolute Gasteiger partial charge is 0.492 e. The average Bonchev–Trinajstić information content (AvgIpc) is 2.48. The Hall–Kier alpha value is -2.00. The third-order valence-corrected chi connectivity index (χ3v) is 3.32. The second kappa shape index (κ2) is 7.70. The van der Waals surface area contributed by atoms with E-state index in [1.54, 1.807) is 0 Å². The van der Waals surface area contributed by atoms with Gasteiger partial charge < -0.3 is 15.0 Å². The fraction of sp³-hybridized carbons (Fsp3) is 0.333. The molecule has 0 spiro atoms. The van der Waals surface area contributed by atoms with Gasteiger partial charge in [-0.15, -0.1) is 0 Å². The summed E-state index contributed by atoms with van der Waals surface area (Å²) in [5.41, 5.74) is 2.35. The van der Waals surface area contributed by atoms with Crippen molar-refractivity contribution in [3.63, 3.8) is 0 Å². The van der Waals surface area contributed by atoms with Crippen molar-refractivity contribution < 1.29 is 4.74 Å². The smallest absolute Gasteiger partial charge is 0.121 e. The number of ether oxygens (including phenoxy) is 1. The molecule has 1 unspecified atom stereocenters. The number of likely N-dealkylation sites (N-methyl/N-ethyl adjacent to an activating group) is 1. The molecule has 1 atom stereocenters. The van der Waals surface area contributed by atoms with Crippen molar-refractivity contribution in [3.05, 3.63) is 60.2 Å².